The molecular formula is C9H8ClN3OS2. The van der Waals surface area contributed by atoms with Gasteiger partial charge in [0.2, 0.25) is 5.13 Å². The first-order valence-electron chi connectivity index (χ1n) is 4.35. The smallest absolute Gasteiger partial charge is 0.208 e. The van der Waals surface area contributed by atoms with Gasteiger partial charge < -0.3 is 10.1 Å². The van der Waals surface area contributed by atoms with E-state index in [0.717, 1.165) is 5.69 Å². The first-order chi connectivity index (χ1) is 7.69. The quantitative estimate of drug-likeness (QED) is 0.839. The maximum Gasteiger partial charge on any atom is 0.208 e. The van der Waals surface area contributed by atoms with Gasteiger partial charge in [-0.1, -0.05) is 22.9 Å². The molecule has 2 aromatic rings. The van der Waals surface area contributed by atoms with Gasteiger partial charge in [-0.3, -0.25) is 5.10 Å². The van der Waals surface area contributed by atoms with Gasteiger partial charge in [-0.05, 0) is 30.4 Å². The van der Waals surface area contributed by atoms with Crippen molar-refractivity contribution in [3.05, 3.63) is 27.2 Å². The highest BCUT2D eigenvalue weighted by Gasteiger charge is 2.05. The standard InChI is InChI=1S/C9H8ClN3OS2/c1-14-7-3-2-5(10)4-6(7)11-8-12-13-9(15)16-8/h2-4H,1H3,(H,11,12)(H,13,15). The molecule has 2 rings (SSSR count). The molecule has 0 fully saturated rings. The van der Waals surface area contributed by atoms with Crippen LogP contribution in [-0.4, -0.2) is 17.3 Å². The van der Waals surface area contributed by atoms with E-state index in [9.17, 15) is 0 Å². The molecule has 0 spiro atoms. The molecule has 1 aromatic heterocycles. The Hall–Kier alpha value is -1.11. The number of hydrogen-bond acceptors (Lipinski definition) is 5. The Morgan fingerprint density at radius 2 is 2.38 bits per heavy atom. The third-order valence-electron chi connectivity index (χ3n) is 1.84. The molecule has 1 aromatic carbocycles. The zero-order valence-corrected chi connectivity index (χ0v) is 10.7. The van der Waals surface area contributed by atoms with Crippen LogP contribution in [0.2, 0.25) is 5.02 Å². The van der Waals surface area contributed by atoms with Gasteiger partial charge in [-0.15, -0.1) is 5.10 Å². The molecule has 4 nitrogen and oxygen atoms in total. The van der Waals surface area contributed by atoms with Crippen molar-refractivity contribution in [2.45, 2.75) is 0 Å². The number of nitrogens with one attached hydrogen (secondary N) is 2. The number of benzene rings is 1. The molecule has 0 amide bonds. The summed E-state index contributed by atoms with van der Waals surface area (Å²) in [6.07, 6.45) is 0. The Balaban J connectivity index is 2.32. The van der Waals surface area contributed by atoms with Gasteiger partial charge in [0.05, 0.1) is 12.8 Å². The third kappa shape index (κ3) is 2.52. The van der Waals surface area contributed by atoms with E-state index in [0.29, 0.717) is 19.9 Å². The summed E-state index contributed by atoms with van der Waals surface area (Å²) in [6.45, 7) is 0. The van der Waals surface area contributed by atoms with E-state index in [2.05, 4.69) is 15.5 Å². The second kappa shape index (κ2) is 4.82. The van der Waals surface area contributed by atoms with Crippen molar-refractivity contribution in [2.75, 3.05) is 12.4 Å². The van der Waals surface area contributed by atoms with Crippen LogP contribution >= 0.6 is 35.2 Å². The lowest BCUT2D eigenvalue weighted by molar-refractivity contribution is 0.417. The number of ether oxygens (including phenoxy) is 1. The number of rotatable bonds is 3. The van der Waals surface area contributed by atoms with E-state index >= 15 is 0 Å². The minimum Gasteiger partial charge on any atom is -0.495 e. The van der Waals surface area contributed by atoms with Crippen LogP contribution in [-0.2, 0) is 0 Å². The molecule has 0 atom stereocenters. The fourth-order valence-electron chi connectivity index (χ4n) is 1.18. The Labute approximate surface area is 106 Å². The molecule has 84 valence electrons. The third-order valence-corrected chi connectivity index (χ3v) is 3.08. The van der Waals surface area contributed by atoms with Gasteiger partial charge in [-0.2, -0.15) is 0 Å². The average Bonchev–Trinajstić information content (AvgIpc) is 2.64. The van der Waals surface area contributed by atoms with Crippen LogP contribution in [0.15, 0.2) is 18.2 Å². The number of aromatic nitrogens is 2. The Kier molecular flexibility index (Phi) is 3.42. The van der Waals surface area contributed by atoms with Gasteiger partial charge >= 0.3 is 0 Å². The zero-order chi connectivity index (χ0) is 11.5. The van der Waals surface area contributed by atoms with Gasteiger partial charge in [0.1, 0.15) is 5.75 Å². The fourth-order valence-corrected chi connectivity index (χ4v) is 2.15. The van der Waals surface area contributed by atoms with Crippen molar-refractivity contribution < 1.29 is 4.74 Å². The van der Waals surface area contributed by atoms with E-state index in [1.807, 2.05) is 0 Å². The summed E-state index contributed by atoms with van der Waals surface area (Å²) in [7, 11) is 1.60. The highest BCUT2D eigenvalue weighted by Crippen LogP contribution is 2.30. The van der Waals surface area contributed by atoms with Gasteiger partial charge in [0.15, 0.2) is 3.95 Å². The Morgan fingerprint density at radius 3 is 3.00 bits per heavy atom. The highest BCUT2D eigenvalue weighted by molar-refractivity contribution is 7.73. The lowest BCUT2D eigenvalue weighted by atomic mass is 10.3. The maximum absolute atomic E-state index is 5.90. The fraction of sp³-hybridized carbons (Fsp3) is 0.111. The number of nitrogens with zero attached hydrogens (tertiary/aromatic N) is 1. The Morgan fingerprint density at radius 1 is 1.56 bits per heavy atom. The predicted octanol–water partition coefficient (Wildman–Crippen LogP) is 3.61. The van der Waals surface area contributed by atoms with Crippen molar-refractivity contribution >= 4 is 46.0 Å². The van der Waals surface area contributed by atoms with Gasteiger partial charge in [-0.25, -0.2) is 0 Å². The van der Waals surface area contributed by atoms with Crippen molar-refractivity contribution in [2.24, 2.45) is 0 Å². The molecule has 0 unspecified atom stereocenters. The van der Waals surface area contributed by atoms with Crippen LogP contribution in [0.4, 0.5) is 10.8 Å². The largest absolute Gasteiger partial charge is 0.495 e. The molecule has 2 N–H and O–H groups in total. The molecular weight excluding hydrogens is 266 g/mol. The summed E-state index contributed by atoms with van der Waals surface area (Å²) in [5.74, 6) is 0.700. The number of anilines is 2. The van der Waals surface area contributed by atoms with E-state index in [4.69, 9.17) is 28.6 Å². The molecule has 0 radical (unpaired) electrons. The van der Waals surface area contributed by atoms with Crippen LogP contribution < -0.4 is 10.1 Å². The number of hydrogen-bond donors (Lipinski definition) is 2. The van der Waals surface area contributed by atoms with E-state index in [-0.39, 0.29) is 0 Å². The van der Waals surface area contributed by atoms with Crippen LogP contribution in [0.25, 0.3) is 0 Å². The molecule has 0 aliphatic rings. The predicted molar refractivity (Wildman–Crippen MR) is 68.6 cm³/mol. The lowest BCUT2D eigenvalue weighted by Crippen LogP contribution is -1.94. The zero-order valence-electron chi connectivity index (χ0n) is 8.28. The number of methoxy groups -OCH3 is 1. The average molecular weight is 274 g/mol. The number of H-pyrrole nitrogens is 1. The van der Waals surface area contributed by atoms with Crippen LogP contribution in [0.5, 0.6) is 5.75 Å². The summed E-state index contributed by atoms with van der Waals surface area (Å²) in [6, 6.07) is 5.32. The summed E-state index contributed by atoms with van der Waals surface area (Å²) >= 11 is 12.2. The Bertz CT molecular complexity index is 552. The molecule has 0 saturated carbocycles. The van der Waals surface area contributed by atoms with E-state index < -0.39 is 0 Å². The first kappa shape index (κ1) is 11.4. The van der Waals surface area contributed by atoms with E-state index in [1.54, 1.807) is 25.3 Å². The van der Waals surface area contributed by atoms with Crippen LogP contribution in [0, 0.1) is 3.95 Å². The minimum absolute atomic E-state index is 0.614. The van der Waals surface area contributed by atoms with Crippen molar-refractivity contribution in [3.63, 3.8) is 0 Å². The molecule has 0 aliphatic heterocycles. The van der Waals surface area contributed by atoms with E-state index in [1.165, 1.54) is 11.3 Å². The van der Waals surface area contributed by atoms with Crippen molar-refractivity contribution in [1.82, 2.24) is 10.2 Å². The van der Waals surface area contributed by atoms with Gasteiger partial charge in [0.25, 0.3) is 0 Å². The summed E-state index contributed by atoms with van der Waals surface area (Å²) in [5, 5.41) is 11.1. The second-order valence-electron chi connectivity index (χ2n) is 2.89. The lowest BCUT2D eigenvalue weighted by Gasteiger charge is -2.08. The van der Waals surface area contributed by atoms with Crippen LogP contribution in [0.3, 0.4) is 0 Å². The molecule has 0 aliphatic carbocycles. The molecule has 1 heterocycles. The summed E-state index contributed by atoms with van der Waals surface area (Å²) in [5.41, 5.74) is 0.757. The maximum atomic E-state index is 5.90. The van der Waals surface area contributed by atoms with Crippen molar-refractivity contribution in [1.29, 1.82) is 0 Å². The van der Waals surface area contributed by atoms with Crippen LogP contribution in [0.1, 0.15) is 0 Å². The SMILES string of the molecule is COc1ccc(Cl)cc1Nc1n[nH]c(=S)s1. The highest BCUT2D eigenvalue weighted by atomic mass is 35.5. The molecule has 7 heteroatoms. The number of halogens is 1. The monoisotopic (exact) mass is 273 g/mol. The normalized spacial score (nSPS) is 10.1. The molecule has 0 saturated heterocycles. The van der Waals surface area contributed by atoms with Crippen molar-refractivity contribution in [3.8, 4) is 5.75 Å². The minimum atomic E-state index is 0.614. The summed E-state index contributed by atoms with van der Waals surface area (Å²) < 4.78 is 5.81. The molecule has 0 bridgehead atoms. The molecule has 16 heavy (non-hydrogen) atoms. The number of aromatic amines is 1. The summed E-state index contributed by atoms with van der Waals surface area (Å²) in [4.78, 5) is 0. The van der Waals surface area contributed by atoms with Gasteiger partial charge in [0, 0.05) is 5.02 Å². The first-order valence-corrected chi connectivity index (χ1v) is 5.95. The second-order valence-corrected chi connectivity index (χ2v) is 4.99. The topological polar surface area (TPSA) is 49.9 Å².